The smallest absolute Gasteiger partial charge is 0.222 e. The van der Waals surface area contributed by atoms with Gasteiger partial charge in [0, 0.05) is 25.6 Å². The fourth-order valence-corrected chi connectivity index (χ4v) is 1.01. The highest BCUT2D eigenvalue weighted by atomic mass is 16.3. The van der Waals surface area contributed by atoms with Gasteiger partial charge >= 0.3 is 0 Å². The van der Waals surface area contributed by atoms with Crippen molar-refractivity contribution in [2.45, 2.75) is 19.9 Å². The van der Waals surface area contributed by atoms with E-state index in [9.17, 15) is 4.79 Å². The fraction of sp³-hybridized carbons (Fsp3) is 0.444. The van der Waals surface area contributed by atoms with E-state index < -0.39 is 0 Å². The quantitative estimate of drug-likeness (QED) is 0.685. The summed E-state index contributed by atoms with van der Waals surface area (Å²) in [5.74, 6) is 0.149. The van der Waals surface area contributed by atoms with Crippen LogP contribution in [0.3, 0.4) is 0 Å². The normalized spacial score (nSPS) is 9.83. The molecule has 3 heteroatoms. The number of nitrogens with zero attached hydrogens (tertiary/aromatic N) is 1. The molecule has 0 unspecified atom stereocenters. The molecule has 12 heavy (non-hydrogen) atoms. The predicted octanol–water partition coefficient (Wildman–Crippen LogP) is 1.65. The van der Waals surface area contributed by atoms with Crippen LogP contribution in [0.4, 0.5) is 0 Å². The molecule has 0 saturated carbocycles. The van der Waals surface area contributed by atoms with Gasteiger partial charge in [0.05, 0.1) is 12.5 Å². The molecule has 1 rings (SSSR count). The first-order chi connectivity index (χ1) is 5.74. The molecule has 0 aliphatic rings. The molecule has 0 aliphatic heterocycles. The summed E-state index contributed by atoms with van der Waals surface area (Å²) in [7, 11) is 1.79. The van der Waals surface area contributed by atoms with E-state index in [0.717, 1.165) is 5.56 Å². The highest BCUT2D eigenvalue weighted by Gasteiger charge is 2.06. The molecule has 0 bridgehead atoms. The molecule has 1 heterocycles. The van der Waals surface area contributed by atoms with Crippen molar-refractivity contribution in [3.05, 3.63) is 24.2 Å². The minimum atomic E-state index is 0.149. The van der Waals surface area contributed by atoms with E-state index in [0.29, 0.717) is 13.0 Å². The maximum absolute atomic E-state index is 11.1. The summed E-state index contributed by atoms with van der Waals surface area (Å²) in [5.41, 5.74) is 1.03. The summed E-state index contributed by atoms with van der Waals surface area (Å²) in [6.07, 6.45) is 3.81. The van der Waals surface area contributed by atoms with Gasteiger partial charge < -0.3 is 9.32 Å². The Bertz CT molecular complexity index is 241. The number of hydrogen-bond donors (Lipinski definition) is 0. The molecule has 1 aromatic rings. The number of carbonyl (C=O) groups is 1. The van der Waals surface area contributed by atoms with Crippen molar-refractivity contribution in [1.29, 1.82) is 0 Å². The second-order valence-corrected chi connectivity index (χ2v) is 2.73. The molecule has 0 aliphatic carbocycles. The van der Waals surface area contributed by atoms with Crippen LogP contribution in [-0.2, 0) is 11.3 Å². The van der Waals surface area contributed by atoms with Crippen LogP contribution in [0.5, 0.6) is 0 Å². The minimum absolute atomic E-state index is 0.149. The van der Waals surface area contributed by atoms with Gasteiger partial charge in [-0.3, -0.25) is 4.79 Å². The van der Waals surface area contributed by atoms with Crippen LogP contribution in [0.15, 0.2) is 23.0 Å². The lowest BCUT2D eigenvalue weighted by molar-refractivity contribution is -0.130. The third kappa shape index (κ3) is 2.12. The van der Waals surface area contributed by atoms with Gasteiger partial charge in [-0.25, -0.2) is 0 Å². The Hall–Kier alpha value is -1.25. The van der Waals surface area contributed by atoms with Crippen molar-refractivity contribution in [1.82, 2.24) is 4.90 Å². The van der Waals surface area contributed by atoms with Crippen LogP contribution in [0.1, 0.15) is 18.9 Å². The first-order valence-electron chi connectivity index (χ1n) is 3.99. The zero-order chi connectivity index (χ0) is 8.97. The topological polar surface area (TPSA) is 33.5 Å². The number of rotatable bonds is 3. The first kappa shape index (κ1) is 8.84. The van der Waals surface area contributed by atoms with E-state index >= 15 is 0 Å². The summed E-state index contributed by atoms with van der Waals surface area (Å²) in [6.45, 7) is 2.48. The molecule has 0 fully saturated rings. The summed E-state index contributed by atoms with van der Waals surface area (Å²) in [5, 5.41) is 0. The molecular weight excluding hydrogens is 154 g/mol. The van der Waals surface area contributed by atoms with Crippen LogP contribution < -0.4 is 0 Å². The molecule has 1 aromatic heterocycles. The second kappa shape index (κ2) is 3.95. The van der Waals surface area contributed by atoms with Crippen LogP contribution in [0, 0.1) is 0 Å². The van der Waals surface area contributed by atoms with Gasteiger partial charge in [-0.05, 0) is 6.07 Å². The van der Waals surface area contributed by atoms with Gasteiger partial charge in [0.2, 0.25) is 5.91 Å². The molecule has 0 radical (unpaired) electrons. The molecule has 1 amide bonds. The Kier molecular flexibility index (Phi) is 2.91. The van der Waals surface area contributed by atoms with Crippen LogP contribution in [0.25, 0.3) is 0 Å². The second-order valence-electron chi connectivity index (χ2n) is 2.73. The predicted molar refractivity (Wildman–Crippen MR) is 45.5 cm³/mol. The van der Waals surface area contributed by atoms with Gasteiger partial charge in [0.15, 0.2) is 0 Å². The zero-order valence-electron chi connectivity index (χ0n) is 7.41. The first-order valence-corrected chi connectivity index (χ1v) is 3.99. The van der Waals surface area contributed by atoms with E-state index in [1.165, 1.54) is 0 Å². The Balaban J connectivity index is 2.47. The monoisotopic (exact) mass is 167 g/mol. The van der Waals surface area contributed by atoms with Gasteiger partial charge in [0.1, 0.15) is 0 Å². The highest BCUT2D eigenvalue weighted by molar-refractivity contribution is 5.75. The van der Waals surface area contributed by atoms with Crippen LogP contribution >= 0.6 is 0 Å². The van der Waals surface area contributed by atoms with E-state index in [4.69, 9.17) is 4.42 Å². The van der Waals surface area contributed by atoms with E-state index in [1.807, 2.05) is 13.0 Å². The van der Waals surface area contributed by atoms with Crippen LogP contribution in [0.2, 0.25) is 0 Å². The molecule has 3 nitrogen and oxygen atoms in total. The van der Waals surface area contributed by atoms with Crippen molar-refractivity contribution >= 4 is 5.91 Å². The summed E-state index contributed by atoms with van der Waals surface area (Å²) in [4.78, 5) is 12.8. The van der Waals surface area contributed by atoms with Crippen molar-refractivity contribution in [2.75, 3.05) is 7.05 Å². The molecule has 0 aromatic carbocycles. The van der Waals surface area contributed by atoms with E-state index in [1.54, 1.807) is 24.5 Å². The maximum atomic E-state index is 11.1. The van der Waals surface area contributed by atoms with Gasteiger partial charge in [-0.15, -0.1) is 0 Å². The largest absolute Gasteiger partial charge is 0.472 e. The number of amides is 1. The summed E-state index contributed by atoms with van der Waals surface area (Å²) in [6, 6.07) is 1.86. The van der Waals surface area contributed by atoms with Crippen molar-refractivity contribution in [3.63, 3.8) is 0 Å². The molecule has 0 atom stereocenters. The fourth-order valence-electron chi connectivity index (χ4n) is 1.01. The third-order valence-electron chi connectivity index (χ3n) is 1.73. The van der Waals surface area contributed by atoms with Gasteiger partial charge in [-0.2, -0.15) is 0 Å². The summed E-state index contributed by atoms with van der Waals surface area (Å²) < 4.78 is 4.89. The Morgan fingerprint density at radius 2 is 2.42 bits per heavy atom. The average molecular weight is 167 g/mol. The lowest BCUT2D eigenvalue weighted by atomic mass is 10.3. The van der Waals surface area contributed by atoms with Gasteiger partial charge in [0.25, 0.3) is 0 Å². The molecule has 0 spiro atoms. The SMILES string of the molecule is CCC(=O)N(C)Cc1ccoc1. The molecule has 66 valence electrons. The van der Waals surface area contributed by atoms with Crippen LogP contribution in [-0.4, -0.2) is 17.9 Å². The summed E-state index contributed by atoms with van der Waals surface area (Å²) >= 11 is 0. The Morgan fingerprint density at radius 3 is 2.92 bits per heavy atom. The van der Waals surface area contributed by atoms with Crippen molar-refractivity contribution in [2.24, 2.45) is 0 Å². The number of hydrogen-bond acceptors (Lipinski definition) is 2. The third-order valence-corrected chi connectivity index (χ3v) is 1.73. The van der Waals surface area contributed by atoms with Crippen molar-refractivity contribution in [3.8, 4) is 0 Å². The van der Waals surface area contributed by atoms with E-state index in [2.05, 4.69) is 0 Å². The number of furan rings is 1. The zero-order valence-corrected chi connectivity index (χ0v) is 7.41. The number of carbonyl (C=O) groups excluding carboxylic acids is 1. The highest BCUT2D eigenvalue weighted by Crippen LogP contribution is 2.04. The minimum Gasteiger partial charge on any atom is -0.472 e. The Labute approximate surface area is 72.0 Å². The van der Waals surface area contributed by atoms with Gasteiger partial charge in [-0.1, -0.05) is 6.92 Å². The lowest BCUT2D eigenvalue weighted by Gasteiger charge is -2.14. The maximum Gasteiger partial charge on any atom is 0.222 e. The average Bonchev–Trinajstić information content (AvgIpc) is 2.55. The molecule has 0 saturated heterocycles. The standard InChI is InChI=1S/C9H13NO2/c1-3-9(11)10(2)6-8-4-5-12-7-8/h4-5,7H,3,6H2,1-2H3. The Morgan fingerprint density at radius 1 is 1.67 bits per heavy atom. The lowest BCUT2D eigenvalue weighted by Crippen LogP contribution is -2.24. The van der Waals surface area contributed by atoms with Crippen molar-refractivity contribution < 1.29 is 9.21 Å². The van der Waals surface area contributed by atoms with E-state index in [-0.39, 0.29) is 5.91 Å². The molecular formula is C9H13NO2. The molecule has 0 N–H and O–H groups in total.